The summed E-state index contributed by atoms with van der Waals surface area (Å²) in [5.74, 6) is -0.142. The molecular formula is C30H36B3ClFN5O3. The Hall–Kier alpha value is -3.63. The molecule has 13 heteroatoms. The van der Waals surface area contributed by atoms with Crippen molar-refractivity contribution in [3.05, 3.63) is 76.3 Å². The summed E-state index contributed by atoms with van der Waals surface area (Å²) < 4.78 is 23.8. The average molecular weight is 602 g/mol. The molecule has 0 atom stereocenters. The van der Waals surface area contributed by atoms with Gasteiger partial charge in [0.2, 0.25) is 5.88 Å². The second-order valence-corrected chi connectivity index (χ2v) is 13.3. The van der Waals surface area contributed by atoms with Gasteiger partial charge in [0.25, 0.3) is 0 Å². The van der Waals surface area contributed by atoms with E-state index in [9.17, 15) is 9.90 Å². The van der Waals surface area contributed by atoms with Crippen molar-refractivity contribution in [2.24, 2.45) is 0 Å². The first-order valence-corrected chi connectivity index (χ1v) is 14.7. The van der Waals surface area contributed by atoms with Gasteiger partial charge in [-0.1, -0.05) is 17.7 Å². The van der Waals surface area contributed by atoms with Crippen molar-refractivity contribution < 1.29 is 14.2 Å². The van der Waals surface area contributed by atoms with Crippen LogP contribution >= 0.6 is 11.6 Å². The molecule has 0 bridgehead atoms. The molecule has 0 spiro atoms. The van der Waals surface area contributed by atoms with Crippen LogP contribution in [0.3, 0.4) is 0 Å². The summed E-state index contributed by atoms with van der Waals surface area (Å²) in [5.41, 5.74) is 2.79. The van der Waals surface area contributed by atoms with E-state index in [0.29, 0.717) is 33.3 Å². The average Bonchev–Trinajstić information content (AvgIpc) is 3.34. The van der Waals surface area contributed by atoms with E-state index in [1.165, 1.54) is 16.7 Å². The van der Waals surface area contributed by atoms with Gasteiger partial charge in [0.1, 0.15) is 40.8 Å². The maximum Gasteiger partial charge on any atom is 0.331 e. The number of ether oxygens (including phenoxy) is 1. The fraction of sp³-hybridized carbons (Fsp3) is 0.333. The molecule has 5 rings (SSSR count). The molecule has 0 radical (unpaired) electrons. The molecule has 3 heterocycles. The summed E-state index contributed by atoms with van der Waals surface area (Å²) >= 11 is 6.66. The number of halogens is 2. The smallest absolute Gasteiger partial charge is 0.331 e. The molecule has 2 aromatic heterocycles. The number of pyridine rings is 1. The third-order valence-corrected chi connectivity index (χ3v) is 8.30. The molecule has 0 amide bonds. The van der Waals surface area contributed by atoms with Crippen LogP contribution in [0, 0.1) is 5.82 Å². The zero-order valence-corrected chi connectivity index (χ0v) is 26.5. The van der Waals surface area contributed by atoms with E-state index in [0.717, 1.165) is 31.9 Å². The molecule has 2 aromatic carbocycles. The molecule has 4 aromatic rings. The van der Waals surface area contributed by atoms with Gasteiger partial charge in [-0.25, -0.2) is 14.2 Å². The lowest BCUT2D eigenvalue weighted by atomic mass is 9.49. The Kier molecular flexibility index (Phi) is 8.22. The quantitative estimate of drug-likeness (QED) is 0.342. The van der Waals surface area contributed by atoms with Crippen LogP contribution in [0.25, 0.3) is 27.9 Å². The predicted molar refractivity (Wildman–Crippen MR) is 179 cm³/mol. The Morgan fingerprint density at radius 1 is 0.953 bits per heavy atom. The molecule has 0 saturated carbocycles. The normalized spacial score (nSPS) is 14.7. The van der Waals surface area contributed by atoms with E-state index in [1.54, 1.807) is 48.5 Å². The first-order valence-electron chi connectivity index (χ1n) is 14.4. The van der Waals surface area contributed by atoms with Gasteiger partial charge < -0.3 is 19.3 Å². The lowest BCUT2D eigenvalue weighted by Gasteiger charge is -2.43. The number of benzene rings is 2. The fourth-order valence-electron chi connectivity index (χ4n) is 5.57. The number of aromatic nitrogens is 3. The Balaban J connectivity index is 1.51. The SMILES string of the molecule is BC(B)(B)n1ccn(-c2ccc(-c3cc(F)cc(-c4cnc(OC)c(N5CCN(C(C)(C)C)CC5)c4)c3O)cc2Cl)c1=O. The van der Waals surface area contributed by atoms with Gasteiger partial charge in [-0.3, -0.25) is 9.47 Å². The number of rotatable bonds is 6. The van der Waals surface area contributed by atoms with Crippen LogP contribution in [0.15, 0.2) is 59.8 Å². The van der Waals surface area contributed by atoms with E-state index in [2.05, 4.69) is 35.6 Å². The van der Waals surface area contributed by atoms with Crippen LogP contribution in [-0.2, 0) is 5.24 Å². The topological polar surface area (TPSA) is 75.8 Å². The summed E-state index contributed by atoms with van der Waals surface area (Å²) in [6.45, 7) is 9.96. The van der Waals surface area contributed by atoms with Gasteiger partial charge in [-0.05, 0) is 61.9 Å². The molecule has 1 fully saturated rings. The van der Waals surface area contributed by atoms with Crippen molar-refractivity contribution in [3.63, 3.8) is 0 Å². The Labute approximate surface area is 259 Å². The van der Waals surface area contributed by atoms with Gasteiger partial charge in [0.15, 0.2) is 0 Å². The molecule has 0 aliphatic carbocycles. The number of imidazole rings is 1. The number of phenolic OH excluding ortho intramolecular Hbond substituents is 1. The molecule has 0 unspecified atom stereocenters. The van der Waals surface area contributed by atoms with Crippen LogP contribution in [0.1, 0.15) is 20.8 Å². The lowest BCUT2D eigenvalue weighted by Crippen LogP contribution is -2.53. The number of piperazine rings is 1. The van der Waals surface area contributed by atoms with E-state index >= 15 is 4.39 Å². The second-order valence-electron chi connectivity index (χ2n) is 12.9. The Morgan fingerprint density at radius 3 is 2.16 bits per heavy atom. The number of anilines is 1. The predicted octanol–water partition coefficient (Wildman–Crippen LogP) is 2.26. The third kappa shape index (κ3) is 6.08. The summed E-state index contributed by atoms with van der Waals surface area (Å²) in [4.78, 5) is 22.2. The van der Waals surface area contributed by atoms with Crippen LogP contribution in [0.5, 0.6) is 11.6 Å². The summed E-state index contributed by atoms with van der Waals surface area (Å²) in [7, 11) is 7.42. The first kappa shape index (κ1) is 30.8. The standard InChI is InChI=1S/C30H36B3ClFN5O3/c1-29(2,3)38-9-7-37(8-10-38)25-14-19(17-36-27(25)43-4)22-16-20(35)15-21(26(22)41)18-5-6-24(23(34)13-18)39-11-12-40(28(39)42)30(31,32)33/h5-6,11-17,41H,7-10,31-33H2,1-4H3. The largest absolute Gasteiger partial charge is 0.507 e. The van der Waals surface area contributed by atoms with Crippen molar-refractivity contribution >= 4 is 40.8 Å². The molecular weight excluding hydrogens is 565 g/mol. The highest BCUT2D eigenvalue weighted by atomic mass is 35.5. The summed E-state index contributed by atoms with van der Waals surface area (Å²) in [6.07, 6.45) is 4.97. The van der Waals surface area contributed by atoms with Crippen molar-refractivity contribution in [3.8, 4) is 39.6 Å². The van der Waals surface area contributed by atoms with Gasteiger partial charge >= 0.3 is 5.69 Å². The molecule has 1 aliphatic rings. The van der Waals surface area contributed by atoms with Crippen molar-refractivity contribution in [1.82, 2.24) is 19.0 Å². The molecule has 1 N–H and O–H groups in total. The first-order chi connectivity index (χ1) is 20.2. The number of aromatic hydroxyl groups is 1. The van der Waals surface area contributed by atoms with E-state index in [4.69, 9.17) is 16.3 Å². The lowest BCUT2D eigenvalue weighted by molar-refractivity contribution is 0.128. The minimum atomic E-state index is -0.516. The van der Waals surface area contributed by atoms with Gasteiger partial charge in [-0.2, -0.15) is 0 Å². The molecule has 8 nitrogen and oxygen atoms in total. The number of nitrogens with zero attached hydrogens (tertiary/aromatic N) is 5. The summed E-state index contributed by atoms with van der Waals surface area (Å²) in [5, 5.41) is 11.3. The number of hydrogen-bond donors (Lipinski definition) is 1. The highest BCUT2D eigenvalue weighted by Gasteiger charge is 2.28. The number of phenols is 1. The van der Waals surface area contributed by atoms with Gasteiger partial charge in [-0.15, -0.1) is 0 Å². The number of hydrogen-bond acceptors (Lipinski definition) is 6. The monoisotopic (exact) mass is 601 g/mol. The maximum absolute atomic E-state index is 15.1. The van der Waals surface area contributed by atoms with Crippen molar-refractivity contribution in [1.29, 1.82) is 0 Å². The third-order valence-electron chi connectivity index (χ3n) is 8.00. The molecule has 1 aliphatic heterocycles. The van der Waals surface area contributed by atoms with Crippen molar-refractivity contribution in [2.75, 3.05) is 38.2 Å². The fourth-order valence-corrected chi connectivity index (χ4v) is 5.84. The maximum atomic E-state index is 15.1. The van der Waals surface area contributed by atoms with E-state index in [-0.39, 0.29) is 22.5 Å². The van der Waals surface area contributed by atoms with Crippen LogP contribution in [0.2, 0.25) is 5.02 Å². The second kappa shape index (κ2) is 11.5. The number of methoxy groups -OCH3 is 1. The van der Waals surface area contributed by atoms with Gasteiger partial charge in [0.05, 0.1) is 17.8 Å². The zero-order chi connectivity index (χ0) is 31.3. The Morgan fingerprint density at radius 2 is 1.60 bits per heavy atom. The van der Waals surface area contributed by atoms with Crippen molar-refractivity contribution in [2.45, 2.75) is 31.5 Å². The van der Waals surface area contributed by atoms with E-state index < -0.39 is 11.1 Å². The zero-order valence-electron chi connectivity index (χ0n) is 25.8. The van der Waals surface area contributed by atoms with Crippen LogP contribution in [0.4, 0.5) is 10.1 Å². The molecule has 1 saturated heterocycles. The molecule has 222 valence electrons. The van der Waals surface area contributed by atoms with E-state index in [1.807, 2.05) is 29.6 Å². The van der Waals surface area contributed by atoms with Crippen LogP contribution in [-0.4, -0.2) is 86.5 Å². The Bertz CT molecular complexity index is 1720. The highest BCUT2D eigenvalue weighted by Crippen LogP contribution is 2.42. The van der Waals surface area contributed by atoms with Crippen LogP contribution < -0.4 is 15.3 Å². The molecule has 43 heavy (non-hydrogen) atoms. The minimum absolute atomic E-state index is 0.0780. The minimum Gasteiger partial charge on any atom is -0.507 e. The van der Waals surface area contributed by atoms with Gasteiger partial charge in [0, 0.05) is 67.0 Å². The summed E-state index contributed by atoms with van der Waals surface area (Å²) in [6, 6.07) is 9.50. The highest BCUT2D eigenvalue weighted by molar-refractivity contribution is 6.56.